The van der Waals surface area contributed by atoms with Gasteiger partial charge in [0, 0.05) is 0 Å². The summed E-state index contributed by atoms with van der Waals surface area (Å²) in [6.45, 7) is 3.34. The summed E-state index contributed by atoms with van der Waals surface area (Å²) in [5.41, 5.74) is 2.06. The van der Waals surface area contributed by atoms with Crippen LogP contribution < -0.4 is 19.1 Å². The number of sulfonamides is 1. The number of hydrogen-bond acceptors (Lipinski definition) is 5. The van der Waals surface area contributed by atoms with E-state index in [0.29, 0.717) is 23.6 Å². The number of carbonyl (C=O) groups is 1. The Morgan fingerprint density at radius 1 is 0.971 bits per heavy atom. The van der Waals surface area contributed by atoms with Crippen LogP contribution in [-0.2, 0) is 14.8 Å². The van der Waals surface area contributed by atoms with Gasteiger partial charge in [0.1, 0.15) is 12.4 Å². The molecule has 0 aromatic heterocycles. The molecule has 0 radical (unpaired) electrons. The number of rotatable bonds is 10. The Bertz CT molecular complexity index is 1260. The molecule has 7 nitrogen and oxygen atoms in total. The van der Waals surface area contributed by atoms with Gasteiger partial charge in [0.15, 0.2) is 11.5 Å². The molecular weight excluding hydrogens is 471 g/mol. The molecule has 9 heteroatoms. The fourth-order valence-electron chi connectivity index (χ4n) is 3.62. The van der Waals surface area contributed by atoms with E-state index in [0.717, 1.165) is 27.6 Å². The summed E-state index contributed by atoms with van der Waals surface area (Å²) in [7, 11) is -1.07. The van der Waals surface area contributed by atoms with Crippen molar-refractivity contribution in [2.75, 3.05) is 25.1 Å². The first-order valence-electron chi connectivity index (χ1n) is 11.1. The summed E-state index contributed by atoms with van der Waals surface area (Å²) in [6, 6.07) is 16.3. The zero-order valence-corrected chi connectivity index (χ0v) is 20.9. The number of anilines is 1. The van der Waals surface area contributed by atoms with Crippen LogP contribution >= 0.6 is 0 Å². The zero-order valence-electron chi connectivity index (χ0n) is 20.1. The van der Waals surface area contributed by atoms with Gasteiger partial charge >= 0.3 is 0 Å². The molecule has 1 N–H and O–H groups in total. The van der Waals surface area contributed by atoms with Crippen LogP contribution in [0.15, 0.2) is 71.6 Å². The van der Waals surface area contributed by atoms with Crippen molar-refractivity contribution in [2.45, 2.75) is 31.2 Å². The molecule has 0 heterocycles. The minimum atomic E-state index is -4.14. The van der Waals surface area contributed by atoms with Gasteiger partial charge in [0.2, 0.25) is 5.91 Å². The molecule has 0 aliphatic heterocycles. The molecule has 1 unspecified atom stereocenters. The van der Waals surface area contributed by atoms with Gasteiger partial charge in [0.05, 0.1) is 30.8 Å². The molecule has 0 aliphatic rings. The minimum Gasteiger partial charge on any atom is -0.493 e. The van der Waals surface area contributed by atoms with Crippen molar-refractivity contribution < 1.29 is 27.1 Å². The van der Waals surface area contributed by atoms with Crippen LogP contribution in [0.5, 0.6) is 11.5 Å². The second kappa shape index (κ2) is 11.2. The molecule has 3 rings (SSSR count). The van der Waals surface area contributed by atoms with Crippen LogP contribution in [-0.4, -0.2) is 35.1 Å². The van der Waals surface area contributed by atoms with E-state index in [4.69, 9.17) is 9.47 Å². The van der Waals surface area contributed by atoms with E-state index in [1.807, 2.05) is 19.9 Å². The summed E-state index contributed by atoms with van der Waals surface area (Å²) in [5.74, 6) is 0.0495. The fourth-order valence-corrected chi connectivity index (χ4v) is 5.04. The molecule has 1 atom stereocenters. The number of amides is 1. The van der Waals surface area contributed by atoms with Crippen LogP contribution in [0, 0.1) is 12.7 Å². The van der Waals surface area contributed by atoms with Gasteiger partial charge < -0.3 is 14.8 Å². The topological polar surface area (TPSA) is 84.9 Å². The van der Waals surface area contributed by atoms with E-state index >= 15 is 0 Å². The smallest absolute Gasteiger partial charge is 0.264 e. The van der Waals surface area contributed by atoms with Gasteiger partial charge in [0.25, 0.3) is 10.0 Å². The van der Waals surface area contributed by atoms with Crippen molar-refractivity contribution in [1.82, 2.24) is 5.32 Å². The van der Waals surface area contributed by atoms with Crippen LogP contribution in [0.3, 0.4) is 0 Å². The first-order chi connectivity index (χ1) is 16.7. The first-order valence-corrected chi connectivity index (χ1v) is 12.5. The monoisotopic (exact) mass is 500 g/mol. The Balaban J connectivity index is 1.90. The third-order valence-electron chi connectivity index (χ3n) is 5.56. The van der Waals surface area contributed by atoms with Gasteiger partial charge in [-0.05, 0) is 67.4 Å². The Morgan fingerprint density at radius 2 is 1.60 bits per heavy atom. The van der Waals surface area contributed by atoms with Crippen molar-refractivity contribution in [3.63, 3.8) is 0 Å². The predicted octanol–water partition coefficient (Wildman–Crippen LogP) is 4.61. The van der Waals surface area contributed by atoms with Crippen LogP contribution in [0.25, 0.3) is 0 Å². The van der Waals surface area contributed by atoms with Gasteiger partial charge in [-0.3, -0.25) is 9.10 Å². The third-order valence-corrected chi connectivity index (χ3v) is 7.35. The van der Waals surface area contributed by atoms with Crippen LogP contribution in [0.4, 0.5) is 10.1 Å². The van der Waals surface area contributed by atoms with Crippen molar-refractivity contribution in [3.05, 3.63) is 83.7 Å². The molecule has 3 aromatic rings. The molecule has 0 bridgehead atoms. The number of nitrogens with one attached hydrogen (secondary N) is 1. The Labute approximate surface area is 205 Å². The Kier molecular flexibility index (Phi) is 8.34. The molecule has 3 aromatic carbocycles. The van der Waals surface area contributed by atoms with Crippen molar-refractivity contribution in [3.8, 4) is 11.5 Å². The fraction of sp³-hybridized carbons (Fsp3) is 0.269. The number of aryl methyl sites for hydroxylation is 1. The minimum absolute atomic E-state index is 0.112. The SMILES string of the molecule is CCC(NC(=O)CN(c1ccc(C)cc1)S(=O)(=O)c1ccc(F)cc1)c1ccc(OC)c(OC)c1. The summed E-state index contributed by atoms with van der Waals surface area (Å²) in [5, 5.41) is 2.91. The van der Waals surface area contributed by atoms with Gasteiger partial charge in [-0.15, -0.1) is 0 Å². The Morgan fingerprint density at radius 3 is 2.17 bits per heavy atom. The first kappa shape index (κ1) is 26.0. The van der Waals surface area contributed by atoms with E-state index < -0.39 is 28.3 Å². The highest BCUT2D eigenvalue weighted by molar-refractivity contribution is 7.92. The standard InChI is InChI=1S/C26H29FN2O5S/c1-5-23(19-8-15-24(33-3)25(16-19)34-4)28-26(30)17-29(21-11-6-18(2)7-12-21)35(31,32)22-13-9-20(27)10-14-22/h6-16,23H,5,17H2,1-4H3,(H,28,30). The maximum Gasteiger partial charge on any atom is 0.264 e. The second-order valence-corrected chi connectivity index (χ2v) is 9.81. The van der Waals surface area contributed by atoms with Crippen molar-refractivity contribution in [2.24, 2.45) is 0 Å². The lowest BCUT2D eigenvalue weighted by Gasteiger charge is -2.26. The summed E-state index contributed by atoms with van der Waals surface area (Å²) >= 11 is 0. The maximum atomic E-state index is 13.4. The highest BCUT2D eigenvalue weighted by Crippen LogP contribution is 2.31. The van der Waals surface area contributed by atoms with E-state index in [-0.39, 0.29) is 10.9 Å². The van der Waals surface area contributed by atoms with E-state index in [1.54, 1.807) is 36.4 Å². The van der Waals surface area contributed by atoms with Crippen molar-refractivity contribution >= 4 is 21.6 Å². The summed E-state index contributed by atoms with van der Waals surface area (Å²) in [4.78, 5) is 13.0. The predicted molar refractivity (Wildman–Crippen MR) is 133 cm³/mol. The maximum absolute atomic E-state index is 13.4. The quantitative estimate of drug-likeness (QED) is 0.439. The second-order valence-electron chi connectivity index (χ2n) is 7.94. The lowest BCUT2D eigenvalue weighted by atomic mass is 10.0. The number of ether oxygens (including phenoxy) is 2. The normalized spacial score (nSPS) is 12.0. The molecule has 186 valence electrons. The number of methoxy groups -OCH3 is 2. The van der Waals surface area contributed by atoms with Crippen LogP contribution in [0.1, 0.15) is 30.5 Å². The van der Waals surface area contributed by atoms with Gasteiger partial charge in [-0.1, -0.05) is 30.7 Å². The number of hydrogen-bond donors (Lipinski definition) is 1. The number of carbonyl (C=O) groups excluding carboxylic acids is 1. The molecular formula is C26H29FN2O5S. The zero-order chi connectivity index (χ0) is 25.6. The Hall–Kier alpha value is -3.59. The highest BCUT2D eigenvalue weighted by atomic mass is 32.2. The lowest BCUT2D eigenvalue weighted by molar-refractivity contribution is -0.120. The van der Waals surface area contributed by atoms with E-state index in [2.05, 4.69) is 5.32 Å². The summed E-state index contributed by atoms with van der Waals surface area (Å²) < 4.78 is 51.9. The van der Waals surface area contributed by atoms with E-state index in [1.165, 1.54) is 26.4 Å². The molecule has 1 amide bonds. The molecule has 35 heavy (non-hydrogen) atoms. The van der Waals surface area contributed by atoms with Gasteiger partial charge in [-0.2, -0.15) is 0 Å². The largest absolute Gasteiger partial charge is 0.493 e. The highest BCUT2D eigenvalue weighted by Gasteiger charge is 2.28. The van der Waals surface area contributed by atoms with Crippen molar-refractivity contribution in [1.29, 1.82) is 0 Å². The number of nitrogens with zero attached hydrogens (tertiary/aromatic N) is 1. The molecule has 0 fully saturated rings. The van der Waals surface area contributed by atoms with Gasteiger partial charge in [-0.25, -0.2) is 12.8 Å². The third kappa shape index (κ3) is 6.10. The van der Waals surface area contributed by atoms with E-state index in [9.17, 15) is 17.6 Å². The lowest BCUT2D eigenvalue weighted by Crippen LogP contribution is -2.42. The molecule has 0 spiro atoms. The molecule has 0 saturated carbocycles. The average molecular weight is 501 g/mol. The van der Waals surface area contributed by atoms with Crippen LogP contribution in [0.2, 0.25) is 0 Å². The number of benzene rings is 3. The summed E-state index contributed by atoms with van der Waals surface area (Å²) in [6.07, 6.45) is 0.566. The molecule has 0 aliphatic carbocycles. The number of halogens is 1. The average Bonchev–Trinajstić information content (AvgIpc) is 2.86. The molecule has 0 saturated heterocycles.